The fraction of sp³-hybridized carbons (Fsp3) is 1.00. The van der Waals surface area contributed by atoms with Crippen LogP contribution in [0.25, 0.3) is 0 Å². The van der Waals surface area contributed by atoms with Crippen LogP contribution in [0.2, 0.25) is 0 Å². The molecule has 0 radical (unpaired) electrons. The van der Waals surface area contributed by atoms with Crippen LogP contribution in [-0.4, -0.2) is 31.7 Å². The van der Waals surface area contributed by atoms with E-state index in [4.69, 9.17) is 14.6 Å². The topological polar surface area (TPSA) is 38.7 Å². The predicted molar refractivity (Wildman–Crippen MR) is 80.2 cm³/mol. The average Bonchev–Trinajstić information content (AvgIpc) is 2.45. The molecule has 1 unspecified atom stereocenters. The monoisotopic (exact) mass is 274 g/mol. The molecule has 0 aromatic heterocycles. The quantitative estimate of drug-likeness (QED) is 0.405. The molecule has 3 heteroatoms. The molecule has 0 aliphatic carbocycles. The van der Waals surface area contributed by atoms with Crippen LogP contribution in [0, 0.1) is 5.92 Å². The van der Waals surface area contributed by atoms with Crippen molar-refractivity contribution in [2.24, 2.45) is 5.92 Å². The van der Waals surface area contributed by atoms with Crippen LogP contribution in [0.15, 0.2) is 0 Å². The van der Waals surface area contributed by atoms with Crippen molar-refractivity contribution in [3.8, 4) is 0 Å². The van der Waals surface area contributed by atoms with Gasteiger partial charge in [-0.3, -0.25) is 0 Å². The summed E-state index contributed by atoms with van der Waals surface area (Å²) in [6, 6.07) is 0. The van der Waals surface area contributed by atoms with Gasteiger partial charge in [-0.1, -0.05) is 45.4 Å². The maximum atomic E-state index is 9.01. The number of aliphatic hydroxyl groups is 1. The Kier molecular flexibility index (Phi) is 11.6. The van der Waals surface area contributed by atoms with Crippen molar-refractivity contribution in [1.82, 2.24) is 0 Å². The van der Waals surface area contributed by atoms with Gasteiger partial charge in [0, 0.05) is 26.7 Å². The van der Waals surface area contributed by atoms with E-state index in [9.17, 15) is 0 Å². The minimum atomic E-state index is -0.515. The molecule has 0 aliphatic rings. The number of aliphatic hydroxyl groups excluding tert-OH is 1. The molecule has 0 saturated carbocycles. The molecule has 0 aromatic carbocycles. The lowest BCUT2D eigenvalue weighted by molar-refractivity contribution is -0.230. The Morgan fingerprint density at radius 3 is 1.95 bits per heavy atom. The molecular weight excluding hydrogens is 240 g/mol. The molecule has 116 valence electrons. The van der Waals surface area contributed by atoms with Gasteiger partial charge in [-0.2, -0.15) is 0 Å². The second-order valence-electron chi connectivity index (χ2n) is 5.54. The highest BCUT2D eigenvalue weighted by Gasteiger charge is 2.33. The van der Waals surface area contributed by atoms with Gasteiger partial charge in [0.05, 0.1) is 0 Å². The first-order valence-electron chi connectivity index (χ1n) is 7.85. The Morgan fingerprint density at radius 2 is 1.42 bits per heavy atom. The van der Waals surface area contributed by atoms with E-state index in [1.807, 2.05) is 6.92 Å². The fourth-order valence-electron chi connectivity index (χ4n) is 2.59. The summed E-state index contributed by atoms with van der Waals surface area (Å²) in [4.78, 5) is 0. The summed E-state index contributed by atoms with van der Waals surface area (Å²) in [7, 11) is 3.41. The lowest BCUT2D eigenvalue weighted by Gasteiger charge is -2.35. The second-order valence-corrected chi connectivity index (χ2v) is 5.54. The van der Waals surface area contributed by atoms with Crippen LogP contribution in [-0.2, 0) is 9.47 Å². The first-order chi connectivity index (χ1) is 9.14. The minimum absolute atomic E-state index is 0.247. The van der Waals surface area contributed by atoms with Crippen LogP contribution < -0.4 is 0 Å². The van der Waals surface area contributed by atoms with Gasteiger partial charge in [0.25, 0.3) is 0 Å². The van der Waals surface area contributed by atoms with E-state index in [0.717, 1.165) is 19.3 Å². The highest BCUT2D eigenvalue weighted by Crippen LogP contribution is 2.31. The lowest BCUT2D eigenvalue weighted by Crippen LogP contribution is -2.39. The fourth-order valence-corrected chi connectivity index (χ4v) is 2.59. The van der Waals surface area contributed by atoms with Gasteiger partial charge in [0.15, 0.2) is 5.79 Å². The highest BCUT2D eigenvalue weighted by atomic mass is 16.7. The van der Waals surface area contributed by atoms with Crippen LogP contribution in [0.3, 0.4) is 0 Å². The van der Waals surface area contributed by atoms with E-state index in [1.54, 1.807) is 14.2 Å². The van der Waals surface area contributed by atoms with Crippen LogP contribution in [0.1, 0.15) is 71.6 Å². The first kappa shape index (κ1) is 18.9. The Morgan fingerprint density at radius 1 is 0.895 bits per heavy atom. The Balaban J connectivity index is 4.05. The second kappa shape index (κ2) is 11.7. The van der Waals surface area contributed by atoms with Crippen molar-refractivity contribution in [3.63, 3.8) is 0 Å². The molecule has 0 saturated heterocycles. The summed E-state index contributed by atoms with van der Waals surface area (Å²) in [5.74, 6) is -0.153. The molecule has 0 fully saturated rings. The summed E-state index contributed by atoms with van der Waals surface area (Å²) >= 11 is 0. The average molecular weight is 274 g/mol. The van der Waals surface area contributed by atoms with Crippen molar-refractivity contribution in [3.05, 3.63) is 0 Å². The van der Waals surface area contributed by atoms with Gasteiger partial charge in [0.2, 0.25) is 0 Å². The zero-order valence-corrected chi connectivity index (χ0v) is 13.4. The summed E-state index contributed by atoms with van der Waals surface area (Å²) in [5.41, 5.74) is 0. The van der Waals surface area contributed by atoms with Crippen LogP contribution in [0.4, 0.5) is 0 Å². The number of rotatable bonds is 13. The maximum absolute atomic E-state index is 9.01. The Labute approximate surface area is 119 Å². The summed E-state index contributed by atoms with van der Waals surface area (Å²) < 4.78 is 11.1. The lowest BCUT2D eigenvalue weighted by atomic mass is 9.88. The van der Waals surface area contributed by atoms with Gasteiger partial charge in [-0.15, -0.1) is 0 Å². The molecule has 19 heavy (non-hydrogen) atoms. The molecule has 0 aromatic rings. The largest absolute Gasteiger partial charge is 0.396 e. The molecule has 3 nitrogen and oxygen atoms in total. The smallest absolute Gasteiger partial charge is 0.167 e. The SMILES string of the molecule is CCCCCCCCC(CCCO)C(C)(OC)OC. The van der Waals surface area contributed by atoms with Gasteiger partial charge in [0.1, 0.15) is 0 Å². The Bertz CT molecular complexity index is 190. The van der Waals surface area contributed by atoms with Crippen molar-refractivity contribution >= 4 is 0 Å². The highest BCUT2D eigenvalue weighted by molar-refractivity contribution is 4.75. The third-order valence-corrected chi connectivity index (χ3v) is 4.17. The van der Waals surface area contributed by atoms with E-state index >= 15 is 0 Å². The summed E-state index contributed by atoms with van der Waals surface area (Å²) in [6.07, 6.45) is 10.7. The number of ether oxygens (including phenoxy) is 2. The van der Waals surface area contributed by atoms with E-state index in [-0.39, 0.29) is 6.61 Å². The normalized spacial score (nSPS) is 13.7. The van der Waals surface area contributed by atoms with Crippen molar-refractivity contribution in [2.75, 3.05) is 20.8 Å². The van der Waals surface area contributed by atoms with E-state index < -0.39 is 5.79 Å². The molecule has 0 spiro atoms. The Hall–Kier alpha value is -0.120. The zero-order valence-electron chi connectivity index (χ0n) is 13.4. The van der Waals surface area contributed by atoms with E-state index in [2.05, 4.69) is 6.92 Å². The van der Waals surface area contributed by atoms with Gasteiger partial charge < -0.3 is 14.6 Å². The minimum Gasteiger partial charge on any atom is -0.396 e. The number of hydrogen-bond donors (Lipinski definition) is 1. The van der Waals surface area contributed by atoms with E-state index in [1.165, 1.54) is 38.5 Å². The van der Waals surface area contributed by atoms with Gasteiger partial charge in [-0.25, -0.2) is 0 Å². The first-order valence-corrected chi connectivity index (χ1v) is 7.85. The number of hydrogen-bond acceptors (Lipinski definition) is 3. The van der Waals surface area contributed by atoms with Gasteiger partial charge in [-0.05, 0) is 26.2 Å². The summed E-state index contributed by atoms with van der Waals surface area (Å²) in [5, 5.41) is 9.01. The molecule has 1 N–H and O–H groups in total. The molecule has 1 atom stereocenters. The summed E-state index contributed by atoms with van der Waals surface area (Å²) in [6.45, 7) is 4.50. The van der Waals surface area contributed by atoms with Crippen LogP contribution in [0.5, 0.6) is 0 Å². The number of methoxy groups -OCH3 is 2. The van der Waals surface area contributed by atoms with E-state index in [0.29, 0.717) is 5.92 Å². The van der Waals surface area contributed by atoms with Crippen LogP contribution >= 0.6 is 0 Å². The molecule has 0 heterocycles. The third-order valence-electron chi connectivity index (χ3n) is 4.17. The number of unbranched alkanes of at least 4 members (excludes halogenated alkanes) is 5. The molecule has 0 bridgehead atoms. The molecule has 0 amide bonds. The third kappa shape index (κ3) is 7.91. The van der Waals surface area contributed by atoms with Crippen molar-refractivity contribution in [1.29, 1.82) is 0 Å². The van der Waals surface area contributed by atoms with Gasteiger partial charge >= 0.3 is 0 Å². The maximum Gasteiger partial charge on any atom is 0.167 e. The zero-order chi connectivity index (χ0) is 14.6. The predicted octanol–water partition coefficient (Wildman–Crippen LogP) is 4.13. The molecule has 0 aliphatic heterocycles. The van der Waals surface area contributed by atoms with Crippen molar-refractivity contribution in [2.45, 2.75) is 77.4 Å². The molecular formula is C16H34O3. The standard InChI is InChI=1S/C16H34O3/c1-5-6-7-8-9-10-12-15(13-11-14-17)16(2,18-3)19-4/h15,17H,5-14H2,1-4H3. The van der Waals surface area contributed by atoms with Crippen molar-refractivity contribution < 1.29 is 14.6 Å². The molecule has 0 rings (SSSR count).